The van der Waals surface area contributed by atoms with Crippen molar-refractivity contribution in [1.29, 1.82) is 0 Å². The lowest BCUT2D eigenvalue weighted by Crippen LogP contribution is -2.15. The summed E-state index contributed by atoms with van der Waals surface area (Å²) in [4.78, 5) is 15.1. The summed E-state index contributed by atoms with van der Waals surface area (Å²) >= 11 is 0. The lowest BCUT2D eigenvalue weighted by Gasteiger charge is -2.08. The highest BCUT2D eigenvalue weighted by atomic mass is 16.4. The van der Waals surface area contributed by atoms with Gasteiger partial charge >= 0.3 is 5.97 Å². The second-order valence-electron chi connectivity index (χ2n) is 4.01. The van der Waals surface area contributed by atoms with E-state index < -0.39 is 12.1 Å². The van der Waals surface area contributed by atoms with Crippen molar-refractivity contribution in [2.75, 3.05) is 0 Å². The highest BCUT2D eigenvalue weighted by Gasteiger charge is 2.23. The van der Waals surface area contributed by atoms with Crippen LogP contribution in [0.4, 0.5) is 0 Å². The van der Waals surface area contributed by atoms with Gasteiger partial charge in [0.1, 0.15) is 5.69 Å². The van der Waals surface area contributed by atoms with Crippen LogP contribution in [0, 0.1) is 0 Å². The van der Waals surface area contributed by atoms with E-state index in [0.29, 0.717) is 11.4 Å². The molecule has 0 aliphatic heterocycles. The molecule has 0 spiro atoms. The third kappa shape index (κ3) is 2.09. The van der Waals surface area contributed by atoms with Crippen molar-refractivity contribution in [2.45, 2.75) is 19.6 Å². The van der Waals surface area contributed by atoms with Crippen molar-refractivity contribution < 1.29 is 15.0 Å². The monoisotopic (exact) mass is 251 g/mol. The van der Waals surface area contributed by atoms with Gasteiger partial charge in [0.2, 0.25) is 0 Å². The molecule has 0 aliphatic rings. The number of nitrogens with zero attached hydrogens (tertiary/aromatic N) is 5. The topological polar surface area (TPSA) is 106 Å². The second kappa shape index (κ2) is 4.57. The Bertz CT molecular complexity index is 572. The Labute approximate surface area is 102 Å². The number of aromatic carboxylic acids is 1. The molecule has 2 rings (SSSR count). The fourth-order valence-electron chi connectivity index (χ4n) is 1.67. The summed E-state index contributed by atoms with van der Waals surface area (Å²) in [6.45, 7) is 1.76. The highest BCUT2D eigenvalue weighted by molar-refractivity contribution is 5.92. The van der Waals surface area contributed by atoms with Gasteiger partial charge in [0.05, 0.1) is 30.9 Å². The molecule has 0 amide bonds. The molecule has 2 N–H and O–H groups in total. The zero-order valence-electron chi connectivity index (χ0n) is 9.98. The van der Waals surface area contributed by atoms with E-state index in [-0.39, 0.29) is 12.2 Å². The molecule has 1 atom stereocenters. The van der Waals surface area contributed by atoms with Crippen LogP contribution < -0.4 is 0 Å². The lowest BCUT2D eigenvalue weighted by atomic mass is 10.2. The maximum absolute atomic E-state index is 11.1. The maximum Gasteiger partial charge on any atom is 0.358 e. The summed E-state index contributed by atoms with van der Waals surface area (Å²) in [5.74, 6) is -1.16. The molecule has 0 aromatic carbocycles. The lowest BCUT2D eigenvalue weighted by molar-refractivity contribution is 0.0691. The predicted molar refractivity (Wildman–Crippen MR) is 60.9 cm³/mol. The van der Waals surface area contributed by atoms with Crippen LogP contribution in [0.25, 0.3) is 11.4 Å². The van der Waals surface area contributed by atoms with Crippen LogP contribution in [0.5, 0.6) is 0 Å². The van der Waals surface area contributed by atoms with Gasteiger partial charge in [-0.2, -0.15) is 0 Å². The van der Waals surface area contributed by atoms with Crippen molar-refractivity contribution >= 4 is 5.97 Å². The van der Waals surface area contributed by atoms with Crippen LogP contribution >= 0.6 is 0 Å². The summed E-state index contributed by atoms with van der Waals surface area (Å²) in [7, 11) is 1.74. The van der Waals surface area contributed by atoms with Crippen molar-refractivity contribution in [3.05, 3.63) is 18.2 Å². The van der Waals surface area contributed by atoms with E-state index in [1.54, 1.807) is 24.9 Å². The summed E-state index contributed by atoms with van der Waals surface area (Å²) in [5, 5.41) is 25.9. The minimum atomic E-state index is -1.16. The Kier molecular flexibility index (Phi) is 3.11. The molecule has 8 heteroatoms. The molecule has 0 aliphatic carbocycles. The number of carboxylic acids is 1. The molecule has 18 heavy (non-hydrogen) atoms. The third-order valence-electron chi connectivity index (χ3n) is 2.43. The Morgan fingerprint density at radius 3 is 2.78 bits per heavy atom. The van der Waals surface area contributed by atoms with E-state index in [9.17, 15) is 9.90 Å². The van der Waals surface area contributed by atoms with E-state index in [1.807, 2.05) is 0 Å². The van der Waals surface area contributed by atoms with Crippen LogP contribution in [-0.2, 0) is 13.6 Å². The van der Waals surface area contributed by atoms with Crippen molar-refractivity contribution in [3.8, 4) is 11.4 Å². The fraction of sp³-hybridized carbons (Fsp3) is 0.400. The zero-order chi connectivity index (χ0) is 13.3. The molecule has 96 valence electrons. The van der Waals surface area contributed by atoms with E-state index >= 15 is 0 Å². The van der Waals surface area contributed by atoms with Gasteiger partial charge in [-0.15, -0.1) is 5.10 Å². The summed E-state index contributed by atoms with van der Waals surface area (Å²) < 4.78 is 3.04. The minimum absolute atomic E-state index is 0.153. The van der Waals surface area contributed by atoms with Gasteiger partial charge in [0, 0.05) is 7.05 Å². The van der Waals surface area contributed by atoms with E-state index in [2.05, 4.69) is 15.3 Å². The van der Waals surface area contributed by atoms with Crippen molar-refractivity contribution in [1.82, 2.24) is 24.5 Å². The molecule has 0 saturated carbocycles. The molecule has 0 radical (unpaired) electrons. The normalized spacial score (nSPS) is 12.6. The molecule has 2 heterocycles. The van der Waals surface area contributed by atoms with Crippen molar-refractivity contribution in [3.63, 3.8) is 0 Å². The van der Waals surface area contributed by atoms with Gasteiger partial charge in [-0.1, -0.05) is 5.21 Å². The Hall–Kier alpha value is -2.22. The van der Waals surface area contributed by atoms with Crippen LogP contribution in [0.3, 0.4) is 0 Å². The first-order valence-corrected chi connectivity index (χ1v) is 5.32. The number of rotatable bonds is 4. The highest BCUT2D eigenvalue weighted by Crippen LogP contribution is 2.21. The summed E-state index contributed by atoms with van der Waals surface area (Å²) in [5.41, 5.74) is 0.765. The Morgan fingerprint density at radius 2 is 2.28 bits per heavy atom. The molecular weight excluding hydrogens is 238 g/mol. The van der Waals surface area contributed by atoms with Crippen LogP contribution in [0.2, 0.25) is 0 Å². The summed E-state index contributed by atoms with van der Waals surface area (Å²) in [6.07, 6.45) is 2.44. The average molecular weight is 251 g/mol. The zero-order valence-corrected chi connectivity index (χ0v) is 9.98. The smallest absolute Gasteiger partial charge is 0.358 e. The number of aryl methyl sites for hydroxylation is 1. The Balaban J connectivity index is 2.57. The van der Waals surface area contributed by atoms with Gasteiger partial charge in [-0.05, 0) is 6.92 Å². The molecule has 0 fully saturated rings. The largest absolute Gasteiger partial charge is 0.476 e. The van der Waals surface area contributed by atoms with Gasteiger partial charge in [-0.25, -0.2) is 14.5 Å². The van der Waals surface area contributed by atoms with Gasteiger partial charge in [0.25, 0.3) is 0 Å². The van der Waals surface area contributed by atoms with Gasteiger partial charge in [-0.3, -0.25) is 0 Å². The van der Waals surface area contributed by atoms with E-state index in [0.717, 1.165) is 0 Å². The molecule has 0 saturated heterocycles. The maximum atomic E-state index is 11.1. The number of imidazole rings is 1. The molecule has 8 nitrogen and oxygen atoms in total. The van der Waals surface area contributed by atoms with E-state index in [1.165, 1.54) is 10.9 Å². The molecule has 0 bridgehead atoms. The van der Waals surface area contributed by atoms with Crippen LogP contribution in [0.1, 0.15) is 17.4 Å². The number of hydrogen-bond donors (Lipinski definition) is 2. The molecule has 2 aromatic rings. The molecular formula is C10H13N5O3. The van der Waals surface area contributed by atoms with Crippen molar-refractivity contribution in [2.24, 2.45) is 7.05 Å². The number of aromatic nitrogens is 5. The SMILES string of the molecule is CC(O)Cn1nnc(C(=O)O)c1-c1cncn1C. The quantitative estimate of drug-likeness (QED) is 0.776. The summed E-state index contributed by atoms with van der Waals surface area (Å²) in [6, 6.07) is 0. The first-order valence-electron chi connectivity index (χ1n) is 5.32. The fourth-order valence-corrected chi connectivity index (χ4v) is 1.67. The number of carbonyl (C=O) groups is 1. The first kappa shape index (κ1) is 12.2. The number of aliphatic hydroxyl groups excluding tert-OH is 1. The second-order valence-corrected chi connectivity index (χ2v) is 4.01. The molecule has 1 unspecified atom stereocenters. The third-order valence-corrected chi connectivity index (χ3v) is 2.43. The number of carboxylic acid groups (broad SMARTS) is 1. The van der Waals surface area contributed by atoms with Gasteiger partial charge < -0.3 is 14.8 Å². The standard InChI is InChI=1S/C10H13N5O3/c1-6(16)4-15-9(7-3-11-5-14(7)2)8(10(17)18)12-13-15/h3,5-6,16H,4H2,1-2H3,(H,17,18). The predicted octanol–water partition coefficient (Wildman–Crippen LogP) is -0.242. The average Bonchev–Trinajstić information content (AvgIpc) is 2.83. The van der Waals surface area contributed by atoms with Crippen LogP contribution in [0.15, 0.2) is 12.5 Å². The number of hydrogen-bond acceptors (Lipinski definition) is 5. The van der Waals surface area contributed by atoms with Crippen LogP contribution in [-0.4, -0.2) is 46.8 Å². The molecule has 2 aromatic heterocycles. The number of aliphatic hydroxyl groups is 1. The minimum Gasteiger partial charge on any atom is -0.476 e. The Morgan fingerprint density at radius 1 is 1.56 bits per heavy atom. The van der Waals surface area contributed by atoms with E-state index in [4.69, 9.17) is 5.11 Å². The van der Waals surface area contributed by atoms with Gasteiger partial charge in [0.15, 0.2) is 5.69 Å². The first-order chi connectivity index (χ1) is 8.50.